The topological polar surface area (TPSA) is 59.2 Å². The molecular weight excluding hydrogens is 274 g/mol. The van der Waals surface area contributed by atoms with Crippen molar-refractivity contribution in [2.75, 3.05) is 6.26 Å². The molecule has 0 bridgehead atoms. The normalized spacial score (nSPS) is 12.3. The van der Waals surface area contributed by atoms with E-state index in [1.807, 2.05) is 32.2 Å². The first-order valence-corrected chi connectivity index (χ1v) is 7.70. The molecule has 1 atom stereocenters. The zero-order chi connectivity index (χ0) is 14.7. The van der Waals surface area contributed by atoms with Gasteiger partial charge in [0.1, 0.15) is 5.69 Å². The number of carbonyl (C=O) groups excluding carboxylic acids is 1. The average Bonchev–Trinajstić information content (AvgIpc) is 2.46. The molecule has 1 aromatic heterocycles. The number of nitrogens with one attached hydrogen (secondary N) is 1. The van der Waals surface area contributed by atoms with Gasteiger partial charge in [0.05, 0.1) is 17.0 Å². The van der Waals surface area contributed by atoms with Gasteiger partial charge in [-0.05, 0) is 31.7 Å². The summed E-state index contributed by atoms with van der Waals surface area (Å²) in [7, 11) is 0. The summed E-state index contributed by atoms with van der Waals surface area (Å²) in [5, 5.41) is 0.611. The molecule has 0 saturated carbocycles. The molecule has 2 rings (SSSR count). The third-order valence-electron chi connectivity index (χ3n) is 3.14. The lowest BCUT2D eigenvalue weighted by atomic mass is 10.2. The number of thioether (sulfide) groups is 1. The molecule has 1 aromatic carbocycles. The van der Waals surface area contributed by atoms with Crippen LogP contribution in [0.3, 0.4) is 0 Å². The maximum atomic E-state index is 12.2. The third kappa shape index (κ3) is 2.88. The van der Waals surface area contributed by atoms with E-state index >= 15 is 0 Å². The molecule has 0 radical (unpaired) electrons. The number of fused-ring (bicyclic) bond motifs is 1. The van der Waals surface area contributed by atoms with Crippen LogP contribution >= 0.6 is 11.8 Å². The SMILES string of the molecule is CCC(C)OC(=O)c1cc(=O)c2c(SC)cccc2[nH]1. The van der Waals surface area contributed by atoms with E-state index in [-0.39, 0.29) is 17.2 Å². The van der Waals surface area contributed by atoms with Crippen molar-refractivity contribution in [3.8, 4) is 0 Å². The largest absolute Gasteiger partial charge is 0.458 e. The number of hydrogen-bond acceptors (Lipinski definition) is 4. The molecule has 106 valence electrons. The predicted octanol–water partition coefficient (Wildman–Crippen LogP) is 3.21. The molecule has 0 aliphatic carbocycles. The summed E-state index contributed by atoms with van der Waals surface area (Å²) in [5.74, 6) is -0.493. The van der Waals surface area contributed by atoms with E-state index in [0.29, 0.717) is 10.9 Å². The summed E-state index contributed by atoms with van der Waals surface area (Å²) in [6.45, 7) is 3.76. The maximum absolute atomic E-state index is 12.2. The van der Waals surface area contributed by atoms with E-state index in [1.165, 1.54) is 17.8 Å². The molecule has 20 heavy (non-hydrogen) atoms. The van der Waals surface area contributed by atoms with Crippen LogP contribution in [-0.2, 0) is 4.74 Å². The first-order valence-electron chi connectivity index (χ1n) is 6.47. The molecule has 0 spiro atoms. The number of aromatic amines is 1. The Bertz CT molecular complexity index is 693. The summed E-state index contributed by atoms with van der Waals surface area (Å²) >= 11 is 1.50. The number of hydrogen-bond donors (Lipinski definition) is 1. The second-order valence-corrected chi connectivity index (χ2v) is 5.40. The molecular formula is C15H17NO3S. The Kier molecular flexibility index (Phi) is 4.49. The highest BCUT2D eigenvalue weighted by Gasteiger charge is 2.14. The highest BCUT2D eigenvalue weighted by molar-refractivity contribution is 7.98. The number of pyridine rings is 1. The lowest BCUT2D eigenvalue weighted by molar-refractivity contribution is 0.0328. The quantitative estimate of drug-likeness (QED) is 0.694. The molecule has 0 amide bonds. The Balaban J connectivity index is 2.49. The smallest absolute Gasteiger partial charge is 0.355 e. The molecule has 1 heterocycles. The fourth-order valence-electron chi connectivity index (χ4n) is 1.88. The van der Waals surface area contributed by atoms with Gasteiger partial charge in [0, 0.05) is 11.0 Å². The highest BCUT2D eigenvalue weighted by Crippen LogP contribution is 2.22. The van der Waals surface area contributed by atoms with Crippen LogP contribution in [0.25, 0.3) is 10.9 Å². The van der Waals surface area contributed by atoms with E-state index in [0.717, 1.165) is 11.3 Å². The average molecular weight is 291 g/mol. The van der Waals surface area contributed by atoms with Crippen LogP contribution in [0, 0.1) is 0 Å². The minimum absolute atomic E-state index is 0.167. The fraction of sp³-hybridized carbons (Fsp3) is 0.333. The molecule has 0 aliphatic rings. The third-order valence-corrected chi connectivity index (χ3v) is 3.92. The van der Waals surface area contributed by atoms with E-state index in [2.05, 4.69) is 4.98 Å². The van der Waals surface area contributed by atoms with Crippen LogP contribution < -0.4 is 5.43 Å². The molecule has 0 fully saturated rings. The van der Waals surface area contributed by atoms with Crippen molar-refractivity contribution in [3.05, 3.63) is 40.2 Å². The summed E-state index contributed by atoms with van der Waals surface area (Å²) in [6, 6.07) is 6.84. The fourth-order valence-corrected chi connectivity index (χ4v) is 2.51. The van der Waals surface area contributed by atoms with Crippen molar-refractivity contribution in [2.45, 2.75) is 31.3 Å². The number of rotatable bonds is 4. The predicted molar refractivity (Wildman–Crippen MR) is 81.5 cm³/mol. The lowest BCUT2D eigenvalue weighted by Gasteiger charge is -2.11. The van der Waals surface area contributed by atoms with Crippen LogP contribution in [0.5, 0.6) is 0 Å². The van der Waals surface area contributed by atoms with E-state index in [1.54, 1.807) is 6.07 Å². The van der Waals surface area contributed by atoms with Crippen molar-refractivity contribution in [1.29, 1.82) is 0 Å². The monoisotopic (exact) mass is 291 g/mol. The van der Waals surface area contributed by atoms with E-state index < -0.39 is 5.97 Å². The minimum atomic E-state index is -0.493. The molecule has 4 nitrogen and oxygen atoms in total. The van der Waals surface area contributed by atoms with Crippen molar-refractivity contribution in [3.63, 3.8) is 0 Å². The number of aromatic nitrogens is 1. The van der Waals surface area contributed by atoms with Gasteiger partial charge in [-0.1, -0.05) is 13.0 Å². The standard InChI is InChI=1S/C15H17NO3S/c1-4-9(2)19-15(18)11-8-12(17)14-10(16-11)6-5-7-13(14)20-3/h5-9H,4H2,1-3H3,(H,16,17). The Morgan fingerprint density at radius 2 is 2.20 bits per heavy atom. The first-order chi connectivity index (χ1) is 9.56. The van der Waals surface area contributed by atoms with Crippen LogP contribution in [0.4, 0.5) is 0 Å². The zero-order valence-electron chi connectivity index (χ0n) is 11.7. The van der Waals surface area contributed by atoms with Gasteiger partial charge in [-0.15, -0.1) is 11.8 Å². The Hall–Kier alpha value is -1.75. The number of carbonyl (C=O) groups is 1. The van der Waals surface area contributed by atoms with Gasteiger partial charge >= 0.3 is 5.97 Å². The number of benzene rings is 1. The Morgan fingerprint density at radius 3 is 2.85 bits per heavy atom. The van der Waals surface area contributed by atoms with Crippen molar-refractivity contribution in [2.24, 2.45) is 0 Å². The van der Waals surface area contributed by atoms with Crippen LogP contribution in [0.2, 0.25) is 0 Å². The van der Waals surface area contributed by atoms with Crippen LogP contribution in [-0.4, -0.2) is 23.3 Å². The van der Waals surface area contributed by atoms with Gasteiger partial charge < -0.3 is 9.72 Å². The lowest BCUT2D eigenvalue weighted by Crippen LogP contribution is -2.17. The van der Waals surface area contributed by atoms with Gasteiger partial charge in [0.2, 0.25) is 0 Å². The van der Waals surface area contributed by atoms with Crippen LogP contribution in [0.1, 0.15) is 30.8 Å². The molecule has 0 aliphatic heterocycles. The van der Waals surface area contributed by atoms with Crippen molar-refractivity contribution >= 4 is 28.6 Å². The van der Waals surface area contributed by atoms with Gasteiger partial charge in [-0.3, -0.25) is 4.79 Å². The molecule has 5 heteroatoms. The molecule has 0 saturated heterocycles. The summed E-state index contributed by atoms with van der Waals surface area (Å²) in [6.07, 6.45) is 2.48. The Labute approximate surface area is 121 Å². The van der Waals surface area contributed by atoms with Gasteiger partial charge in [-0.2, -0.15) is 0 Å². The van der Waals surface area contributed by atoms with Gasteiger partial charge in [0.25, 0.3) is 0 Å². The van der Waals surface area contributed by atoms with Crippen molar-refractivity contribution < 1.29 is 9.53 Å². The second kappa shape index (κ2) is 6.13. The van der Waals surface area contributed by atoms with Crippen molar-refractivity contribution in [1.82, 2.24) is 4.98 Å². The van der Waals surface area contributed by atoms with Crippen LogP contribution in [0.15, 0.2) is 34.0 Å². The summed E-state index contributed by atoms with van der Waals surface area (Å²) < 4.78 is 5.23. The maximum Gasteiger partial charge on any atom is 0.355 e. The minimum Gasteiger partial charge on any atom is -0.458 e. The molecule has 1 N–H and O–H groups in total. The number of H-pyrrole nitrogens is 1. The Morgan fingerprint density at radius 1 is 1.45 bits per heavy atom. The number of esters is 1. The molecule has 2 aromatic rings. The second-order valence-electron chi connectivity index (χ2n) is 4.55. The molecule has 1 unspecified atom stereocenters. The van der Waals surface area contributed by atoms with E-state index in [9.17, 15) is 9.59 Å². The highest BCUT2D eigenvalue weighted by atomic mass is 32.2. The zero-order valence-corrected chi connectivity index (χ0v) is 12.5. The van der Waals surface area contributed by atoms with Gasteiger partial charge in [0.15, 0.2) is 5.43 Å². The first kappa shape index (κ1) is 14.7. The summed E-state index contributed by atoms with van der Waals surface area (Å²) in [4.78, 5) is 28.0. The van der Waals surface area contributed by atoms with Gasteiger partial charge in [-0.25, -0.2) is 4.79 Å². The van der Waals surface area contributed by atoms with E-state index in [4.69, 9.17) is 4.74 Å². The number of ether oxygens (including phenoxy) is 1. The summed E-state index contributed by atoms with van der Waals surface area (Å²) in [5.41, 5.74) is 0.682.